The van der Waals surface area contributed by atoms with E-state index in [2.05, 4.69) is 5.32 Å². The summed E-state index contributed by atoms with van der Waals surface area (Å²) in [5, 5.41) is 2.93. The van der Waals surface area contributed by atoms with Crippen LogP contribution in [0.15, 0.2) is 48.5 Å². The molecule has 0 aliphatic rings. The van der Waals surface area contributed by atoms with Crippen molar-refractivity contribution in [3.05, 3.63) is 59.7 Å². The first kappa shape index (κ1) is 15.1. The standard InChI is InChI=1S/C18H21NO2/c1-4-17(21-15-10-7-8-13(2)12-15)18(20)19-16-11-6-5-9-14(16)3/h5-12,17H,4H2,1-3H3,(H,19,20)/t17-/m0/s1. The number of anilines is 1. The first-order valence-electron chi connectivity index (χ1n) is 7.20. The highest BCUT2D eigenvalue weighted by molar-refractivity contribution is 5.94. The Bertz CT molecular complexity index is 622. The summed E-state index contributed by atoms with van der Waals surface area (Å²) < 4.78 is 5.81. The van der Waals surface area contributed by atoms with Crippen molar-refractivity contribution in [3.63, 3.8) is 0 Å². The second-order valence-corrected chi connectivity index (χ2v) is 5.14. The molecule has 3 nitrogen and oxygen atoms in total. The maximum absolute atomic E-state index is 12.3. The van der Waals surface area contributed by atoms with Crippen LogP contribution in [-0.2, 0) is 4.79 Å². The highest BCUT2D eigenvalue weighted by Gasteiger charge is 2.19. The van der Waals surface area contributed by atoms with Gasteiger partial charge in [0.05, 0.1) is 0 Å². The van der Waals surface area contributed by atoms with Gasteiger partial charge in [-0.3, -0.25) is 4.79 Å². The fraction of sp³-hybridized carbons (Fsp3) is 0.278. The summed E-state index contributed by atoms with van der Waals surface area (Å²) in [6.45, 7) is 5.91. The van der Waals surface area contributed by atoms with Crippen LogP contribution in [0.3, 0.4) is 0 Å². The number of ether oxygens (including phenoxy) is 1. The van der Waals surface area contributed by atoms with E-state index in [1.54, 1.807) is 0 Å². The van der Waals surface area contributed by atoms with Gasteiger partial charge in [-0.05, 0) is 49.6 Å². The molecule has 2 aromatic rings. The Morgan fingerprint density at radius 1 is 1.14 bits per heavy atom. The summed E-state index contributed by atoms with van der Waals surface area (Å²) in [4.78, 5) is 12.3. The Hall–Kier alpha value is -2.29. The molecule has 0 saturated heterocycles. The van der Waals surface area contributed by atoms with E-state index >= 15 is 0 Å². The van der Waals surface area contributed by atoms with E-state index in [1.165, 1.54) is 0 Å². The van der Waals surface area contributed by atoms with E-state index in [0.717, 1.165) is 22.6 Å². The summed E-state index contributed by atoms with van der Waals surface area (Å²) in [5.41, 5.74) is 2.98. The average molecular weight is 283 g/mol. The molecule has 0 radical (unpaired) electrons. The molecule has 2 rings (SSSR count). The number of amides is 1. The number of benzene rings is 2. The lowest BCUT2D eigenvalue weighted by Crippen LogP contribution is -2.32. The quantitative estimate of drug-likeness (QED) is 0.897. The summed E-state index contributed by atoms with van der Waals surface area (Å²) in [6, 6.07) is 15.5. The van der Waals surface area contributed by atoms with Crippen LogP contribution < -0.4 is 10.1 Å². The SMILES string of the molecule is CC[C@H](Oc1cccc(C)c1)C(=O)Nc1ccccc1C. The number of hydrogen-bond acceptors (Lipinski definition) is 2. The third kappa shape index (κ3) is 4.09. The van der Waals surface area contributed by atoms with Crippen LogP contribution in [0.25, 0.3) is 0 Å². The highest BCUT2D eigenvalue weighted by atomic mass is 16.5. The van der Waals surface area contributed by atoms with Crippen LogP contribution in [0.2, 0.25) is 0 Å². The summed E-state index contributed by atoms with van der Waals surface area (Å²) in [5.74, 6) is 0.607. The van der Waals surface area contributed by atoms with Crippen LogP contribution in [0.5, 0.6) is 5.75 Å². The molecule has 0 aromatic heterocycles. The van der Waals surface area contributed by atoms with Gasteiger partial charge in [-0.1, -0.05) is 37.3 Å². The Morgan fingerprint density at radius 3 is 2.57 bits per heavy atom. The molecule has 1 N–H and O–H groups in total. The Balaban J connectivity index is 2.07. The van der Waals surface area contributed by atoms with E-state index in [0.29, 0.717) is 6.42 Å². The van der Waals surface area contributed by atoms with E-state index < -0.39 is 6.10 Å². The van der Waals surface area contributed by atoms with Crippen molar-refractivity contribution >= 4 is 11.6 Å². The van der Waals surface area contributed by atoms with Crippen molar-refractivity contribution in [3.8, 4) is 5.75 Å². The summed E-state index contributed by atoms with van der Waals surface area (Å²) in [6.07, 6.45) is 0.123. The molecule has 1 amide bonds. The van der Waals surface area contributed by atoms with Gasteiger partial charge in [0.1, 0.15) is 5.75 Å². The normalized spacial score (nSPS) is 11.8. The Morgan fingerprint density at radius 2 is 1.90 bits per heavy atom. The van der Waals surface area contributed by atoms with Crippen molar-refractivity contribution in [2.75, 3.05) is 5.32 Å². The van der Waals surface area contributed by atoms with Crippen LogP contribution in [0.1, 0.15) is 24.5 Å². The molecule has 0 spiro atoms. The van der Waals surface area contributed by atoms with Gasteiger partial charge in [-0.25, -0.2) is 0 Å². The first-order valence-corrected chi connectivity index (χ1v) is 7.20. The third-order valence-electron chi connectivity index (χ3n) is 3.33. The molecule has 0 aliphatic heterocycles. The molecule has 0 saturated carbocycles. The summed E-state index contributed by atoms with van der Waals surface area (Å²) >= 11 is 0. The molecule has 110 valence electrons. The summed E-state index contributed by atoms with van der Waals surface area (Å²) in [7, 11) is 0. The van der Waals surface area contributed by atoms with Crippen LogP contribution in [0.4, 0.5) is 5.69 Å². The predicted molar refractivity (Wildman–Crippen MR) is 85.7 cm³/mol. The molecule has 3 heteroatoms. The molecule has 0 bridgehead atoms. The van der Waals surface area contributed by atoms with Crippen molar-refractivity contribution in [2.45, 2.75) is 33.3 Å². The van der Waals surface area contributed by atoms with Gasteiger partial charge in [0.2, 0.25) is 0 Å². The molecular weight excluding hydrogens is 262 g/mol. The molecule has 1 atom stereocenters. The molecule has 0 aliphatic carbocycles. The predicted octanol–water partition coefficient (Wildman–Crippen LogP) is 4.10. The lowest BCUT2D eigenvalue weighted by atomic mass is 10.2. The van der Waals surface area contributed by atoms with Crippen molar-refractivity contribution in [1.82, 2.24) is 0 Å². The average Bonchev–Trinajstić information content (AvgIpc) is 2.47. The van der Waals surface area contributed by atoms with Gasteiger partial charge >= 0.3 is 0 Å². The number of carbonyl (C=O) groups excluding carboxylic acids is 1. The van der Waals surface area contributed by atoms with Crippen molar-refractivity contribution in [2.24, 2.45) is 0 Å². The third-order valence-corrected chi connectivity index (χ3v) is 3.33. The van der Waals surface area contributed by atoms with Gasteiger partial charge in [0, 0.05) is 5.69 Å². The Labute approximate surface area is 126 Å². The monoisotopic (exact) mass is 283 g/mol. The number of nitrogens with one attached hydrogen (secondary N) is 1. The fourth-order valence-corrected chi connectivity index (χ4v) is 2.10. The van der Waals surface area contributed by atoms with E-state index in [1.807, 2.05) is 69.3 Å². The lowest BCUT2D eigenvalue weighted by molar-refractivity contribution is -0.122. The fourth-order valence-electron chi connectivity index (χ4n) is 2.10. The minimum atomic E-state index is -0.494. The first-order chi connectivity index (χ1) is 10.1. The molecule has 21 heavy (non-hydrogen) atoms. The number of rotatable bonds is 5. The largest absolute Gasteiger partial charge is 0.481 e. The number of para-hydroxylation sites is 1. The molecule has 0 fully saturated rings. The van der Waals surface area contributed by atoms with E-state index in [-0.39, 0.29) is 5.91 Å². The smallest absolute Gasteiger partial charge is 0.265 e. The van der Waals surface area contributed by atoms with Gasteiger partial charge in [-0.15, -0.1) is 0 Å². The zero-order valence-corrected chi connectivity index (χ0v) is 12.7. The maximum atomic E-state index is 12.3. The number of carbonyl (C=O) groups is 1. The molecule has 2 aromatic carbocycles. The van der Waals surface area contributed by atoms with E-state index in [9.17, 15) is 4.79 Å². The molecule has 0 heterocycles. The van der Waals surface area contributed by atoms with Crippen molar-refractivity contribution < 1.29 is 9.53 Å². The second-order valence-electron chi connectivity index (χ2n) is 5.14. The van der Waals surface area contributed by atoms with Crippen LogP contribution in [-0.4, -0.2) is 12.0 Å². The van der Waals surface area contributed by atoms with Crippen LogP contribution >= 0.6 is 0 Å². The van der Waals surface area contributed by atoms with Crippen LogP contribution in [0, 0.1) is 13.8 Å². The Kier molecular flexibility index (Phi) is 4.99. The zero-order chi connectivity index (χ0) is 15.2. The maximum Gasteiger partial charge on any atom is 0.265 e. The second kappa shape index (κ2) is 6.93. The van der Waals surface area contributed by atoms with Gasteiger partial charge in [-0.2, -0.15) is 0 Å². The van der Waals surface area contributed by atoms with Gasteiger partial charge in [0.25, 0.3) is 5.91 Å². The minimum Gasteiger partial charge on any atom is -0.481 e. The van der Waals surface area contributed by atoms with Gasteiger partial charge in [0.15, 0.2) is 6.10 Å². The highest BCUT2D eigenvalue weighted by Crippen LogP contribution is 2.18. The van der Waals surface area contributed by atoms with E-state index in [4.69, 9.17) is 4.74 Å². The zero-order valence-electron chi connectivity index (χ0n) is 12.7. The van der Waals surface area contributed by atoms with Crippen molar-refractivity contribution in [1.29, 1.82) is 0 Å². The lowest BCUT2D eigenvalue weighted by Gasteiger charge is -2.18. The molecular formula is C18H21NO2. The number of aryl methyl sites for hydroxylation is 2. The van der Waals surface area contributed by atoms with Gasteiger partial charge < -0.3 is 10.1 Å². The molecule has 0 unspecified atom stereocenters. The minimum absolute atomic E-state index is 0.117. The topological polar surface area (TPSA) is 38.3 Å². The number of hydrogen-bond donors (Lipinski definition) is 1.